The maximum absolute atomic E-state index is 12.8. The van der Waals surface area contributed by atoms with Crippen LogP contribution in [0.1, 0.15) is 23.9 Å². The summed E-state index contributed by atoms with van der Waals surface area (Å²) in [6.07, 6.45) is -4.94. The molecule has 2 heterocycles. The van der Waals surface area contributed by atoms with Gasteiger partial charge in [0.1, 0.15) is 11.3 Å². The third-order valence-electron chi connectivity index (χ3n) is 5.36. The van der Waals surface area contributed by atoms with Gasteiger partial charge in [0.05, 0.1) is 30.0 Å². The third-order valence-corrected chi connectivity index (χ3v) is 5.36. The van der Waals surface area contributed by atoms with Crippen LogP contribution in [0.5, 0.6) is 5.75 Å². The molecule has 0 aliphatic carbocycles. The number of imidazole rings is 1. The number of benzene rings is 3. The van der Waals surface area contributed by atoms with Crippen molar-refractivity contribution >= 4 is 34.0 Å². The summed E-state index contributed by atoms with van der Waals surface area (Å²) in [5.41, 5.74) is 3.16. The molecule has 36 heavy (non-hydrogen) atoms. The molecule has 0 bridgehead atoms. The van der Waals surface area contributed by atoms with Crippen molar-refractivity contribution in [3.05, 3.63) is 84.3 Å². The highest BCUT2D eigenvalue weighted by atomic mass is 19.4. The molecule has 0 radical (unpaired) electrons. The van der Waals surface area contributed by atoms with Gasteiger partial charge in [0.2, 0.25) is 17.7 Å². The zero-order valence-electron chi connectivity index (χ0n) is 18.7. The van der Waals surface area contributed by atoms with Crippen LogP contribution in [0, 0.1) is 0 Å². The fraction of sp³-hybridized carbons (Fsp3) is 0.160. The van der Waals surface area contributed by atoms with Crippen LogP contribution in [0.15, 0.2) is 77.2 Å². The lowest BCUT2D eigenvalue weighted by Crippen LogP contribution is -2.27. The molecule has 0 fully saturated rings. The van der Waals surface area contributed by atoms with Crippen molar-refractivity contribution in [2.24, 2.45) is 0 Å². The second kappa shape index (κ2) is 9.61. The van der Waals surface area contributed by atoms with Crippen LogP contribution in [-0.4, -0.2) is 27.2 Å². The first-order valence-corrected chi connectivity index (χ1v) is 11.0. The highest BCUT2D eigenvalue weighted by Gasteiger charge is 2.31. The van der Waals surface area contributed by atoms with E-state index in [4.69, 9.17) is 4.42 Å². The molecule has 0 aliphatic heterocycles. The van der Waals surface area contributed by atoms with Crippen molar-refractivity contribution in [2.45, 2.75) is 25.4 Å². The fourth-order valence-electron chi connectivity index (χ4n) is 3.79. The smallest absolute Gasteiger partial charge is 0.439 e. The molecule has 8 nitrogen and oxygen atoms in total. The number of alkyl halides is 3. The van der Waals surface area contributed by atoms with Gasteiger partial charge in [-0.2, -0.15) is 0 Å². The maximum atomic E-state index is 12.8. The lowest BCUT2D eigenvalue weighted by molar-refractivity contribution is -0.274. The number of fused-ring (bicyclic) bond motifs is 2. The number of rotatable bonds is 8. The summed E-state index contributed by atoms with van der Waals surface area (Å²) in [5.74, 6) is -0.0432. The van der Waals surface area contributed by atoms with Crippen molar-refractivity contribution in [3.63, 3.8) is 0 Å². The summed E-state index contributed by atoms with van der Waals surface area (Å²) >= 11 is 0. The van der Waals surface area contributed by atoms with E-state index < -0.39 is 12.4 Å². The molecule has 3 N–H and O–H groups in total. The van der Waals surface area contributed by atoms with E-state index in [1.54, 1.807) is 18.2 Å². The average Bonchev–Trinajstić information content (AvgIpc) is 3.44. The van der Waals surface area contributed by atoms with Gasteiger partial charge in [-0.25, -0.2) is 9.97 Å². The van der Waals surface area contributed by atoms with E-state index >= 15 is 0 Å². The number of amides is 1. The Bertz CT molecular complexity index is 1450. The number of anilines is 1. The molecule has 3 aromatic carbocycles. The molecule has 1 atom stereocenters. The fourth-order valence-corrected chi connectivity index (χ4v) is 3.79. The number of carbonyl (C=O) groups is 1. The second-order valence-electron chi connectivity index (χ2n) is 7.98. The lowest BCUT2D eigenvalue weighted by Gasteiger charge is -2.19. The van der Waals surface area contributed by atoms with Gasteiger partial charge in [-0.15, -0.1) is 13.2 Å². The number of para-hydroxylation sites is 4. The number of hydrogen-bond donors (Lipinski definition) is 3. The Morgan fingerprint density at radius 2 is 1.78 bits per heavy atom. The van der Waals surface area contributed by atoms with E-state index in [0.717, 1.165) is 5.52 Å². The second-order valence-corrected chi connectivity index (χ2v) is 7.98. The number of oxazole rings is 1. The van der Waals surface area contributed by atoms with Crippen molar-refractivity contribution < 1.29 is 27.1 Å². The predicted octanol–water partition coefficient (Wildman–Crippen LogP) is 5.46. The zero-order chi connectivity index (χ0) is 25.1. The number of halogens is 3. The van der Waals surface area contributed by atoms with Gasteiger partial charge in [-0.3, -0.25) is 4.79 Å². The molecule has 5 rings (SSSR count). The van der Waals surface area contributed by atoms with Crippen molar-refractivity contribution in [2.75, 3.05) is 5.32 Å². The van der Waals surface area contributed by atoms with Crippen LogP contribution in [0.4, 0.5) is 19.1 Å². The van der Waals surface area contributed by atoms with Crippen LogP contribution in [0.2, 0.25) is 0 Å². The Labute approximate surface area is 202 Å². The number of nitrogens with one attached hydrogen (secondary N) is 3. The average molecular weight is 495 g/mol. The third kappa shape index (κ3) is 5.57. The molecule has 0 spiro atoms. The topological polar surface area (TPSA) is 105 Å². The van der Waals surface area contributed by atoms with Gasteiger partial charge in [0.15, 0.2) is 5.58 Å². The van der Waals surface area contributed by atoms with E-state index in [2.05, 4.69) is 30.3 Å². The van der Waals surface area contributed by atoms with E-state index in [0.29, 0.717) is 34.0 Å². The number of H-pyrrole nitrogens is 1. The Morgan fingerprint density at radius 1 is 1.00 bits per heavy atom. The molecule has 2 aromatic heterocycles. The van der Waals surface area contributed by atoms with Gasteiger partial charge in [0, 0.05) is 0 Å². The minimum atomic E-state index is -4.84. The minimum Gasteiger partial charge on any atom is -0.439 e. The first kappa shape index (κ1) is 23.2. The molecule has 184 valence electrons. The van der Waals surface area contributed by atoms with Crippen molar-refractivity contribution in [3.8, 4) is 5.75 Å². The molecule has 11 heteroatoms. The van der Waals surface area contributed by atoms with E-state index in [-0.39, 0.29) is 24.6 Å². The maximum Gasteiger partial charge on any atom is 0.573 e. The zero-order valence-corrected chi connectivity index (χ0v) is 18.7. The summed E-state index contributed by atoms with van der Waals surface area (Å²) in [5, 5.41) is 5.87. The summed E-state index contributed by atoms with van der Waals surface area (Å²) in [4.78, 5) is 24.7. The van der Waals surface area contributed by atoms with E-state index in [1.165, 1.54) is 18.2 Å². The normalized spacial score (nSPS) is 12.5. The number of aromatic amines is 1. The molecular weight excluding hydrogens is 475 g/mol. The molecule has 5 aromatic rings. The van der Waals surface area contributed by atoms with Crippen LogP contribution in [0.3, 0.4) is 0 Å². The molecule has 1 amide bonds. The molecule has 0 saturated heterocycles. The van der Waals surface area contributed by atoms with Crippen LogP contribution in [-0.2, 0) is 11.3 Å². The Kier molecular flexibility index (Phi) is 6.19. The SMILES string of the molecule is O=C(CC(Nc1nc2ccccc2[nH]1)c1cccc(OC(F)(F)F)c1)NCc1nc2ccccc2o1. The first-order chi connectivity index (χ1) is 17.3. The highest BCUT2D eigenvalue weighted by molar-refractivity contribution is 5.79. The highest BCUT2D eigenvalue weighted by Crippen LogP contribution is 2.29. The van der Waals surface area contributed by atoms with Crippen molar-refractivity contribution in [1.29, 1.82) is 0 Å². The molecule has 1 unspecified atom stereocenters. The predicted molar refractivity (Wildman–Crippen MR) is 126 cm³/mol. The number of aromatic nitrogens is 3. The monoisotopic (exact) mass is 495 g/mol. The number of nitrogens with zero attached hydrogens (tertiary/aromatic N) is 2. The van der Waals surface area contributed by atoms with E-state index in [9.17, 15) is 18.0 Å². The van der Waals surface area contributed by atoms with Gasteiger partial charge < -0.3 is 24.8 Å². The summed E-state index contributed by atoms with van der Waals surface area (Å²) in [6.45, 7) is 0.0576. The largest absolute Gasteiger partial charge is 0.573 e. The van der Waals surface area contributed by atoms with Crippen LogP contribution in [0.25, 0.3) is 22.1 Å². The summed E-state index contributed by atoms with van der Waals surface area (Å²) < 4.78 is 47.9. The van der Waals surface area contributed by atoms with Crippen LogP contribution >= 0.6 is 0 Å². The lowest BCUT2D eigenvalue weighted by atomic mass is 10.0. The van der Waals surface area contributed by atoms with Gasteiger partial charge >= 0.3 is 6.36 Å². The van der Waals surface area contributed by atoms with Gasteiger partial charge in [0.25, 0.3) is 0 Å². The summed E-state index contributed by atoms with van der Waals surface area (Å²) in [7, 11) is 0. The Morgan fingerprint density at radius 3 is 2.56 bits per heavy atom. The molecule has 0 aliphatic rings. The Balaban J connectivity index is 1.35. The van der Waals surface area contributed by atoms with Gasteiger partial charge in [-0.05, 0) is 42.0 Å². The van der Waals surface area contributed by atoms with Crippen LogP contribution < -0.4 is 15.4 Å². The standard InChI is InChI=1S/C25H20F3N5O3/c26-25(27,28)36-16-7-5-6-15(12-16)20(33-24-31-17-8-1-2-9-18(17)32-24)13-22(34)29-14-23-30-19-10-3-4-11-21(19)35-23/h1-12,20H,13-14H2,(H,29,34)(H2,31,32,33). The number of ether oxygens (including phenoxy) is 1. The van der Waals surface area contributed by atoms with Gasteiger partial charge in [-0.1, -0.05) is 36.4 Å². The quantitative estimate of drug-likeness (QED) is 0.264. The molecule has 0 saturated carbocycles. The first-order valence-electron chi connectivity index (χ1n) is 11.0. The molecular formula is C25H20F3N5O3. The minimum absolute atomic E-state index is 0.0576. The Hall–Kier alpha value is -4.54. The van der Waals surface area contributed by atoms with Crippen molar-refractivity contribution in [1.82, 2.24) is 20.3 Å². The number of carbonyl (C=O) groups excluding carboxylic acids is 1. The van der Waals surface area contributed by atoms with E-state index in [1.807, 2.05) is 36.4 Å². The number of hydrogen-bond acceptors (Lipinski definition) is 6. The summed E-state index contributed by atoms with van der Waals surface area (Å²) in [6, 6.07) is 19.3.